The maximum absolute atomic E-state index is 12.8. The summed E-state index contributed by atoms with van der Waals surface area (Å²) >= 11 is 1.60. The molecule has 2 atom stereocenters. The number of nitrogens with two attached hydrogens (primary N) is 1. The van der Waals surface area contributed by atoms with Gasteiger partial charge in [-0.2, -0.15) is 0 Å². The van der Waals surface area contributed by atoms with Gasteiger partial charge in [0.25, 0.3) is 5.91 Å². The molecule has 0 unspecified atom stereocenters. The molecule has 0 radical (unpaired) electrons. The minimum atomic E-state index is -0.00667. The Hall–Kier alpha value is -1.49. The molecular weight excluding hydrogens is 328 g/mol. The van der Waals surface area contributed by atoms with Crippen LogP contribution in [0.5, 0.6) is 0 Å². The molecule has 1 amide bonds. The van der Waals surface area contributed by atoms with Gasteiger partial charge in [-0.3, -0.25) is 4.79 Å². The zero-order chi connectivity index (χ0) is 15.5. The lowest BCUT2D eigenvalue weighted by Crippen LogP contribution is -2.32. The highest BCUT2D eigenvalue weighted by Crippen LogP contribution is 2.29. The second-order valence-corrected chi connectivity index (χ2v) is 6.44. The van der Waals surface area contributed by atoms with Crippen molar-refractivity contribution in [2.75, 3.05) is 19.3 Å². The summed E-state index contributed by atoms with van der Waals surface area (Å²) in [5, 5.41) is 0. The van der Waals surface area contributed by atoms with Crippen LogP contribution in [0.15, 0.2) is 59.5 Å². The van der Waals surface area contributed by atoms with E-state index in [1.54, 1.807) is 11.8 Å². The van der Waals surface area contributed by atoms with Crippen LogP contribution in [0.2, 0.25) is 0 Å². The molecular formula is C18H21ClN2OS. The molecule has 0 aromatic heterocycles. The van der Waals surface area contributed by atoms with Gasteiger partial charge >= 0.3 is 0 Å². The first kappa shape index (κ1) is 17.9. The standard InChI is InChI=1S/C18H20N2OS.ClH/c1-22-17-10-6-5-9-14(17)18(21)20-11-15(16(19)12-20)13-7-3-2-4-8-13;/h2-10,15-16H,11-12,19H2,1H3;1H/t15-,16+;/m0./s1. The number of rotatable bonds is 3. The van der Waals surface area contributed by atoms with Crippen LogP contribution < -0.4 is 5.73 Å². The van der Waals surface area contributed by atoms with Gasteiger partial charge in [0.2, 0.25) is 0 Å². The van der Waals surface area contributed by atoms with E-state index in [9.17, 15) is 4.79 Å². The van der Waals surface area contributed by atoms with Crippen LogP contribution in [0.1, 0.15) is 21.8 Å². The number of hydrogen-bond donors (Lipinski definition) is 1. The molecule has 1 aliphatic heterocycles. The molecule has 2 N–H and O–H groups in total. The molecule has 3 nitrogen and oxygen atoms in total. The summed E-state index contributed by atoms with van der Waals surface area (Å²) in [7, 11) is 0. The van der Waals surface area contributed by atoms with Gasteiger partial charge in [-0.1, -0.05) is 42.5 Å². The van der Waals surface area contributed by atoms with Gasteiger partial charge < -0.3 is 10.6 Å². The summed E-state index contributed by atoms with van der Waals surface area (Å²) in [6.07, 6.45) is 1.99. The Morgan fingerprint density at radius 3 is 2.43 bits per heavy atom. The first-order chi connectivity index (χ1) is 10.7. The molecule has 0 bridgehead atoms. The fourth-order valence-corrected chi connectivity index (χ4v) is 3.63. The second kappa shape index (κ2) is 7.86. The zero-order valence-electron chi connectivity index (χ0n) is 13.0. The Bertz CT molecular complexity index is 665. The van der Waals surface area contributed by atoms with Crippen LogP contribution in [-0.4, -0.2) is 36.2 Å². The summed E-state index contributed by atoms with van der Waals surface area (Å²) in [6, 6.07) is 18.0. The minimum absolute atomic E-state index is 0. The highest BCUT2D eigenvalue weighted by molar-refractivity contribution is 7.98. The van der Waals surface area contributed by atoms with E-state index in [4.69, 9.17) is 5.73 Å². The van der Waals surface area contributed by atoms with Gasteiger partial charge in [0.1, 0.15) is 0 Å². The Balaban J connectivity index is 0.00000192. The van der Waals surface area contributed by atoms with Crippen molar-refractivity contribution in [3.8, 4) is 0 Å². The summed E-state index contributed by atoms with van der Waals surface area (Å²) < 4.78 is 0. The van der Waals surface area contributed by atoms with Gasteiger partial charge in [-0.05, 0) is 24.0 Å². The summed E-state index contributed by atoms with van der Waals surface area (Å²) in [4.78, 5) is 15.7. The van der Waals surface area contributed by atoms with Crippen LogP contribution in [0.4, 0.5) is 0 Å². The monoisotopic (exact) mass is 348 g/mol. The van der Waals surface area contributed by atoms with Gasteiger partial charge in [-0.25, -0.2) is 0 Å². The predicted molar refractivity (Wildman–Crippen MR) is 98.5 cm³/mol. The quantitative estimate of drug-likeness (QED) is 0.865. The van der Waals surface area contributed by atoms with E-state index in [1.165, 1.54) is 5.56 Å². The molecule has 1 saturated heterocycles. The van der Waals surface area contributed by atoms with Crippen molar-refractivity contribution in [2.45, 2.75) is 16.9 Å². The number of carbonyl (C=O) groups excluding carboxylic acids is 1. The van der Waals surface area contributed by atoms with Crippen molar-refractivity contribution in [2.24, 2.45) is 5.73 Å². The number of carbonyl (C=O) groups is 1. The summed E-state index contributed by atoms with van der Waals surface area (Å²) in [5.74, 6) is 0.297. The van der Waals surface area contributed by atoms with Crippen LogP contribution in [0, 0.1) is 0 Å². The number of thioether (sulfide) groups is 1. The third-order valence-corrected chi connectivity index (χ3v) is 5.01. The molecule has 1 heterocycles. The van der Waals surface area contributed by atoms with Crippen molar-refractivity contribution in [3.63, 3.8) is 0 Å². The van der Waals surface area contributed by atoms with E-state index < -0.39 is 0 Å². The Morgan fingerprint density at radius 1 is 1.09 bits per heavy atom. The third kappa shape index (κ3) is 3.71. The predicted octanol–water partition coefficient (Wildman–Crippen LogP) is 3.40. The molecule has 23 heavy (non-hydrogen) atoms. The summed E-state index contributed by atoms with van der Waals surface area (Å²) in [6.45, 7) is 1.30. The topological polar surface area (TPSA) is 46.3 Å². The number of hydrogen-bond acceptors (Lipinski definition) is 3. The Kier molecular flexibility index (Phi) is 6.10. The van der Waals surface area contributed by atoms with Gasteiger partial charge in [0.15, 0.2) is 0 Å². The highest BCUT2D eigenvalue weighted by Gasteiger charge is 2.34. The van der Waals surface area contributed by atoms with E-state index in [1.807, 2.05) is 53.6 Å². The van der Waals surface area contributed by atoms with Crippen LogP contribution in [0.25, 0.3) is 0 Å². The highest BCUT2D eigenvalue weighted by atomic mass is 35.5. The Labute approximate surface area is 147 Å². The molecule has 2 aromatic carbocycles. The molecule has 2 aromatic rings. The zero-order valence-corrected chi connectivity index (χ0v) is 14.6. The van der Waals surface area contributed by atoms with Crippen molar-refractivity contribution in [1.29, 1.82) is 0 Å². The average molecular weight is 349 g/mol. The third-order valence-electron chi connectivity index (χ3n) is 4.22. The first-order valence-electron chi connectivity index (χ1n) is 7.43. The number of halogens is 1. The van der Waals surface area contributed by atoms with Crippen molar-refractivity contribution >= 4 is 30.1 Å². The SMILES string of the molecule is CSc1ccccc1C(=O)N1C[C@@H](N)[C@H](c2ccccc2)C1.Cl. The molecule has 0 saturated carbocycles. The second-order valence-electron chi connectivity index (χ2n) is 5.59. The smallest absolute Gasteiger partial charge is 0.255 e. The first-order valence-corrected chi connectivity index (χ1v) is 8.66. The fourth-order valence-electron chi connectivity index (χ4n) is 3.04. The maximum atomic E-state index is 12.8. The minimum Gasteiger partial charge on any atom is -0.336 e. The van der Waals surface area contributed by atoms with E-state index >= 15 is 0 Å². The van der Waals surface area contributed by atoms with Crippen molar-refractivity contribution < 1.29 is 4.79 Å². The van der Waals surface area contributed by atoms with E-state index in [0.717, 1.165) is 10.5 Å². The molecule has 5 heteroatoms. The Morgan fingerprint density at radius 2 is 1.74 bits per heavy atom. The van der Waals surface area contributed by atoms with Gasteiger partial charge in [-0.15, -0.1) is 24.2 Å². The molecule has 122 valence electrons. The van der Waals surface area contributed by atoms with E-state index in [0.29, 0.717) is 13.1 Å². The lowest BCUT2D eigenvalue weighted by molar-refractivity contribution is 0.0786. The lowest BCUT2D eigenvalue weighted by Gasteiger charge is -2.18. The number of amides is 1. The largest absolute Gasteiger partial charge is 0.336 e. The fraction of sp³-hybridized carbons (Fsp3) is 0.278. The van der Waals surface area contributed by atoms with Gasteiger partial charge in [0.05, 0.1) is 5.56 Å². The molecule has 0 spiro atoms. The summed E-state index contributed by atoms with van der Waals surface area (Å²) in [5.41, 5.74) is 8.27. The van der Waals surface area contributed by atoms with Crippen LogP contribution >= 0.6 is 24.2 Å². The normalized spacial score (nSPS) is 20.2. The van der Waals surface area contributed by atoms with Crippen molar-refractivity contribution in [3.05, 3.63) is 65.7 Å². The number of nitrogens with zero attached hydrogens (tertiary/aromatic N) is 1. The number of benzene rings is 2. The molecule has 0 aliphatic carbocycles. The average Bonchev–Trinajstić information content (AvgIpc) is 2.97. The van der Waals surface area contributed by atoms with E-state index in [2.05, 4.69) is 12.1 Å². The number of likely N-dealkylation sites (tertiary alicyclic amines) is 1. The molecule has 1 aliphatic rings. The van der Waals surface area contributed by atoms with E-state index in [-0.39, 0.29) is 30.3 Å². The maximum Gasteiger partial charge on any atom is 0.255 e. The molecule has 1 fully saturated rings. The van der Waals surface area contributed by atoms with Crippen LogP contribution in [-0.2, 0) is 0 Å². The van der Waals surface area contributed by atoms with Crippen LogP contribution in [0.3, 0.4) is 0 Å². The molecule has 3 rings (SSSR count). The van der Waals surface area contributed by atoms with Crippen molar-refractivity contribution in [1.82, 2.24) is 4.90 Å². The lowest BCUT2D eigenvalue weighted by atomic mass is 9.95. The van der Waals surface area contributed by atoms with Gasteiger partial charge in [0, 0.05) is 29.9 Å².